The van der Waals surface area contributed by atoms with E-state index >= 15 is 0 Å². The van der Waals surface area contributed by atoms with E-state index in [-0.39, 0.29) is 14.9 Å². The Bertz CT molecular complexity index is 3680. The van der Waals surface area contributed by atoms with Crippen molar-refractivity contribution >= 4 is 55.2 Å². The molecule has 0 amide bonds. The number of fused-ring (bicyclic) bond motifs is 4. The number of hydrogen-bond acceptors (Lipinski definition) is 0. The molecule has 0 aliphatic rings. The number of hydrogen-bond donors (Lipinski definition) is 0. The Kier molecular flexibility index (Phi) is 11.9. The molecular weight excluding hydrogens is 817 g/mol. The monoisotopic (exact) mass is 868 g/mol. The predicted octanol–water partition coefficient (Wildman–Crippen LogP) is 19.7. The van der Waals surface area contributed by atoms with Gasteiger partial charge in [0.2, 0.25) is 0 Å². The van der Waals surface area contributed by atoms with Crippen LogP contribution in [0.2, 0.25) is 0 Å². The number of benzene rings is 12. The zero-order valence-electron chi connectivity index (χ0n) is 36.4. The molecule has 0 saturated heterocycles. The molecular formula is C68H52. The van der Waals surface area contributed by atoms with E-state index in [9.17, 15) is 0 Å². The van der Waals surface area contributed by atoms with Gasteiger partial charge < -0.3 is 0 Å². The van der Waals surface area contributed by atoms with E-state index in [0.717, 1.165) is 11.1 Å². The van der Waals surface area contributed by atoms with Crippen LogP contribution in [-0.4, -0.2) is 0 Å². The quantitative estimate of drug-likeness (QED) is 0.105. The van der Waals surface area contributed by atoms with Gasteiger partial charge in [0.1, 0.15) is 0 Å². The van der Waals surface area contributed by atoms with Gasteiger partial charge in [-0.2, -0.15) is 0 Å². The first kappa shape index (κ1) is 43.3. The van der Waals surface area contributed by atoms with Crippen LogP contribution in [0.3, 0.4) is 0 Å². The summed E-state index contributed by atoms with van der Waals surface area (Å²) in [4.78, 5) is 0. The fourth-order valence-corrected chi connectivity index (χ4v) is 10.2. The Labute approximate surface area is 400 Å². The first-order valence-corrected chi connectivity index (χ1v) is 22.8. The molecule has 0 radical (unpaired) electrons. The van der Waals surface area contributed by atoms with Crippen LogP contribution in [0.25, 0.3) is 122 Å². The van der Waals surface area contributed by atoms with E-state index in [1.165, 1.54) is 110 Å². The average molecular weight is 869 g/mol. The second kappa shape index (κ2) is 18.7. The molecule has 0 heterocycles. The van der Waals surface area contributed by atoms with Gasteiger partial charge in [0, 0.05) is 0 Å². The van der Waals surface area contributed by atoms with Crippen molar-refractivity contribution in [3.63, 3.8) is 0 Å². The van der Waals surface area contributed by atoms with Gasteiger partial charge in [-0.3, -0.25) is 0 Å². The molecule has 12 rings (SSSR count). The summed E-state index contributed by atoms with van der Waals surface area (Å²) in [5, 5.41) is 10.1. The number of rotatable bonds is 8. The van der Waals surface area contributed by atoms with Crippen LogP contribution < -0.4 is 0 Å². The SMILES string of the molecule is C.C.C(=Cc1ccc(-c2cccc3c(-c4ccccc4)c4ccccc4c(-c4ccccc4)c23)cc1)c1ccc(-c2ccc(-c3c4ccccc4c(-c4ccccc4)c4ccccc34)cc2)cc1. The van der Waals surface area contributed by atoms with Gasteiger partial charge >= 0.3 is 0 Å². The summed E-state index contributed by atoms with van der Waals surface area (Å²) in [5.74, 6) is 0. The zero-order valence-corrected chi connectivity index (χ0v) is 36.4. The van der Waals surface area contributed by atoms with Crippen molar-refractivity contribution in [2.24, 2.45) is 0 Å². The van der Waals surface area contributed by atoms with Gasteiger partial charge in [-0.1, -0.05) is 282 Å². The second-order valence-electron chi connectivity index (χ2n) is 17.1. The first-order chi connectivity index (χ1) is 32.8. The molecule has 0 bridgehead atoms. The van der Waals surface area contributed by atoms with Gasteiger partial charge in [-0.05, 0) is 121 Å². The van der Waals surface area contributed by atoms with Crippen molar-refractivity contribution in [3.05, 3.63) is 266 Å². The van der Waals surface area contributed by atoms with Crippen molar-refractivity contribution in [1.82, 2.24) is 0 Å². The van der Waals surface area contributed by atoms with Crippen LogP contribution in [0.1, 0.15) is 26.0 Å². The summed E-state index contributed by atoms with van der Waals surface area (Å²) in [6.07, 6.45) is 4.42. The van der Waals surface area contributed by atoms with Gasteiger partial charge in [-0.25, -0.2) is 0 Å². The van der Waals surface area contributed by atoms with Gasteiger partial charge in [0.05, 0.1) is 0 Å². The highest BCUT2D eigenvalue weighted by Gasteiger charge is 2.20. The third-order valence-electron chi connectivity index (χ3n) is 13.3. The first-order valence-electron chi connectivity index (χ1n) is 22.8. The van der Waals surface area contributed by atoms with E-state index in [2.05, 4.69) is 267 Å². The third-order valence-corrected chi connectivity index (χ3v) is 13.3. The van der Waals surface area contributed by atoms with E-state index in [1.54, 1.807) is 0 Å². The minimum absolute atomic E-state index is 0. The van der Waals surface area contributed by atoms with Gasteiger partial charge in [0.15, 0.2) is 0 Å². The topological polar surface area (TPSA) is 0 Å². The molecule has 0 aliphatic heterocycles. The highest BCUT2D eigenvalue weighted by atomic mass is 14.2. The predicted molar refractivity (Wildman–Crippen MR) is 298 cm³/mol. The molecule has 12 aromatic rings. The van der Waals surface area contributed by atoms with E-state index < -0.39 is 0 Å². The highest BCUT2D eigenvalue weighted by molar-refractivity contribution is 6.25. The Morgan fingerprint density at radius 1 is 0.191 bits per heavy atom. The van der Waals surface area contributed by atoms with E-state index in [1.807, 2.05) is 0 Å². The molecule has 0 N–H and O–H groups in total. The van der Waals surface area contributed by atoms with Crippen molar-refractivity contribution in [2.45, 2.75) is 14.9 Å². The van der Waals surface area contributed by atoms with E-state index in [0.29, 0.717) is 0 Å². The molecule has 68 heavy (non-hydrogen) atoms. The van der Waals surface area contributed by atoms with Gasteiger partial charge in [-0.15, -0.1) is 0 Å². The third kappa shape index (κ3) is 7.77. The van der Waals surface area contributed by atoms with Crippen LogP contribution in [0.5, 0.6) is 0 Å². The fourth-order valence-electron chi connectivity index (χ4n) is 10.2. The Balaban J connectivity index is 0.00000269. The molecule has 0 aliphatic carbocycles. The van der Waals surface area contributed by atoms with Crippen LogP contribution in [0.15, 0.2) is 255 Å². The lowest BCUT2D eigenvalue weighted by Gasteiger charge is -2.20. The average Bonchev–Trinajstić information content (AvgIpc) is 3.40. The fraction of sp³-hybridized carbons (Fsp3) is 0.0294. The standard InChI is InChI=1S/C66H44.2CH4/c1-4-17-50(18-5-1)62-55-23-10-12-25-57(55)63(58-26-13-11-24-56(58)62)53-43-41-48(42-44-53)47-37-33-45(34-38-47)31-32-46-35-39-49(40-36-46)54-29-16-30-61-64(51-19-6-2-7-20-51)59-27-14-15-28-60(59)65(66(54)61)52-21-8-3-9-22-52;;/h1-44H;2*1H4. The lowest BCUT2D eigenvalue weighted by molar-refractivity contribution is 1.59. The van der Waals surface area contributed by atoms with Crippen molar-refractivity contribution in [3.8, 4) is 66.8 Å². The maximum Gasteiger partial charge on any atom is -0.00141 e. The second-order valence-corrected chi connectivity index (χ2v) is 17.1. The van der Waals surface area contributed by atoms with E-state index in [4.69, 9.17) is 0 Å². The summed E-state index contributed by atoms with van der Waals surface area (Å²) in [5.41, 5.74) is 17.2. The summed E-state index contributed by atoms with van der Waals surface area (Å²) >= 11 is 0. The van der Waals surface area contributed by atoms with Crippen LogP contribution in [0.4, 0.5) is 0 Å². The normalized spacial score (nSPS) is 11.2. The molecule has 0 unspecified atom stereocenters. The molecule has 0 saturated carbocycles. The largest absolute Gasteiger partial charge is 0.0776 e. The minimum atomic E-state index is 0. The summed E-state index contributed by atoms with van der Waals surface area (Å²) in [7, 11) is 0. The minimum Gasteiger partial charge on any atom is -0.0776 e. The molecule has 0 atom stereocenters. The maximum atomic E-state index is 2.30. The smallest absolute Gasteiger partial charge is 0.00141 e. The molecule has 0 fully saturated rings. The van der Waals surface area contributed by atoms with Crippen LogP contribution in [-0.2, 0) is 0 Å². The molecule has 0 nitrogen and oxygen atoms in total. The lowest BCUT2D eigenvalue weighted by atomic mass is 9.83. The van der Waals surface area contributed by atoms with Crippen molar-refractivity contribution in [2.75, 3.05) is 0 Å². The van der Waals surface area contributed by atoms with Crippen molar-refractivity contribution < 1.29 is 0 Å². The Hall–Kier alpha value is -8.58. The Morgan fingerprint density at radius 3 is 0.882 bits per heavy atom. The van der Waals surface area contributed by atoms with Crippen LogP contribution in [0, 0.1) is 0 Å². The highest BCUT2D eigenvalue weighted by Crippen LogP contribution is 2.47. The van der Waals surface area contributed by atoms with Gasteiger partial charge in [0.25, 0.3) is 0 Å². The zero-order chi connectivity index (χ0) is 43.8. The van der Waals surface area contributed by atoms with Crippen LogP contribution >= 0.6 is 0 Å². The molecule has 12 aromatic carbocycles. The molecule has 324 valence electrons. The molecule has 0 aromatic heterocycles. The molecule has 0 heteroatoms. The lowest BCUT2D eigenvalue weighted by Crippen LogP contribution is -1.93. The van der Waals surface area contributed by atoms with Crippen molar-refractivity contribution in [1.29, 1.82) is 0 Å². The summed E-state index contributed by atoms with van der Waals surface area (Å²) in [6.45, 7) is 0. The molecule has 0 spiro atoms. The maximum absolute atomic E-state index is 2.30. The Morgan fingerprint density at radius 2 is 0.471 bits per heavy atom. The summed E-state index contributed by atoms with van der Waals surface area (Å²) < 4.78 is 0. The summed E-state index contributed by atoms with van der Waals surface area (Å²) in [6, 6.07) is 92.9.